The van der Waals surface area contributed by atoms with Crippen molar-refractivity contribution in [3.8, 4) is 0 Å². The summed E-state index contributed by atoms with van der Waals surface area (Å²) in [6, 6.07) is 12.9. The van der Waals surface area contributed by atoms with E-state index in [0.29, 0.717) is 16.1 Å². The average molecular weight is 352 g/mol. The number of carboxylic acids is 1. The first kappa shape index (κ1) is 15.8. The number of halogens is 2. The maximum Gasteiger partial charge on any atom is 0.349 e. The summed E-state index contributed by atoms with van der Waals surface area (Å²) in [5, 5.41) is 10.3. The van der Waals surface area contributed by atoms with Crippen LogP contribution in [0.4, 0.5) is 0 Å². The van der Waals surface area contributed by atoms with Crippen LogP contribution < -0.4 is 5.73 Å². The van der Waals surface area contributed by atoms with Crippen LogP contribution in [0.15, 0.2) is 48.5 Å². The summed E-state index contributed by atoms with van der Waals surface area (Å²) in [5.74, 6) is -2.57. The van der Waals surface area contributed by atoms with Crippen molar-refractivity contribution in [2.75, 3.05) is 0 Å². The molecule has 1 aliphatic rings. The normalized spacial score (nSPS) is 25.8. The predicted octanol–water partition coefficient (Wildman–Crippen LogP) is 2.58. The summed E-state index contributed by atoms with van der Waals surface area (Å²) in [6.45, 7) is 0. The first-order valence-electron chi connectivity index (χ1n) is 6.61. The van der Waals surface area contributed by atoms with E-state index in [4.69, 9.17) is 33.7 Å². The topological polar surface area (TPSA) is 92.9 Å². The number of amides is 1. The van der Waals surface area contributed by atoms with Gasteiger partial charge in [0.1, 0.15) is 0 Å². The minimum absolute atomic E-state index is 0.270. The maximum atomic E-state index is 11.9. The van der Waals surface area contributed by atoms with Crippen LogP contribution in [0.2, 0.25) is 10.0 Å². The Morgan fingerprint density at radius 1 is 1.04 bits per heavy atom. The van der Waals surface area contributed by atoms with Crippen LogP contribution in [0.25, 0.3) is 0 Å². The molecule has 1 saturated heterocycles. The van der Waals surface area contributed by atoms with Crippen molar-refractivity contribution in [3.63, 3.8) is 0 Å². The highest BCUT2D eigenvalue weighted by molar-refractivity contribution is 6.32. The monoisotopic (exact) mass is 351 g/mol. The number of rotatable bonds is 4. The van der Waals surface area contributed by atoms with Crippen molar-refractivity contribution in [3.05, 3.63) is 69.7 Å². The van der Waals surface area contributed by atoms with E-state index in [0.717, 1.165) is 0 Å². The van der Waals surface area contributed by atoms with E-state index < -0.39 is 23.1 Å². The number of carbonyl (C=O) groups excluding carboxylic acids is 1. The van der Waals surface area contributed by atoms with Gasteiger partial charge >= 0.3 is 5.97 Å². The van der Waals surface area contributed by atoms with E-state index in [1.807, 2.05) is 0 Å². The Morgan fingerprint density at radius 2 is 1.65 bits per heavy atom. The predicted molar refractivity (Wildman–Crippen MR) is 84.3 cm³/mol. The Labute approximate surface area is 141 Å². The van der Waals surface area contributed by atoms with Crippen molar-refractivity contribution in [2.24, 2.45) is 5.73 Å². The zero-order valence-electron chi connectivity index (χ0n) is 11.6. The molecule has 1 aliphatic heterocycles. The molecule has 1 fully saturated rings. The van der Waals surface area contributed by atoms with Gasteiger partial charge in [0.05, 0.1) is 0 Å². The first-order chi connectivity index (χ1) is 10.9. The molecule has 5 nitrogen and oxygen atoms in total. The molecular weight excluding hydrogens is 341 g/mol. The van der Waals surface area contributed by atoms with Crippen molar-refractivity contribution in [1.29, 1.82) is 0 Å². The van der Waals surface area contributed by atoms with Gasteiger partial charge in [0.15, 0.2) is 5.60 Å². The summed E-state index contributed by atoms with van der Waals surface area (Å²) in [6.07, 6.45) is 0. The molecule has 3 rings (SSSR count). The molecule has 7 heteroatoms. The molecule has 0 spiro atoms. The molecule has 0 aliphatic carbocycles. The number of ether oxygens (including phenoxy) is 1. The van der Waals surface area contributed by atoms with Gasteiger partial charge in [0, 0.05) is 15.6 Å². The maximum absolute atomic E-state index is 11.9. The van der Waals surface area contributed by atoms with Crippen LogP contribution in [0.3, 0.4) is 0 Å². The number of primary amides is 1. The zero-order chi connectivity index (χ0) is 16.8. The van der Waals surface area contributed by atoms with Crippen molar-refractivity contribution in [2.45, 2.75) is 11.2 Å². The highest BCUT2D eigenvalue weighted by atomic mass is 35.5. The number of nitrogens with two attached hydrogens (primary N) is 1. The molecule has 1 amide bonds. The Hall–Kier alpha value is -2.08. The van der Waals surface area contributed by atoms with Gasteiger partial charge < -0.3 is 15.6 Å². The molecule has 0 aromatic heterocycles. The van der Waals surface area contributed by atoms with Gasteiger partial charge in [-0.3, -0.25) is 4.79 Å². The minimum atomic E-state index is -2.22. The van der Waals surface area contributed by atoms with E-state index in [9.17, 15) is 14.7 Å². The van der Waals surface area contributed by atoms with Gasteiger partial charge in [-0.25, -0.2) is 4.79 Å². The van der Waals surface area contributed by atoms with Gasteiger partial charge in [-0.15, -0.1) is 0 Å². The minimum Gasteiger partial charge on any atom is -0.479 e. The number of benzene rings is 2. The molecule has 2 aromatic rings. The van der Waals surface area contributed by atoms with E-state index in [1.54, 1.807) is 48.5 Å². The van der Waals surface area contributed by atoms with E-state index >= 15 is 0 Å². The molecule has 0 radical (unpaired) electrons. The first-order valence-corrected chi connectivity index (χ1v) is 7.36. The van der Waals surface area contributed by atoms with E-state index in [2.05, 4.69) is 0 Å². The summed E-state index contributed by atoms with van der Waals surface area (Å²) < 4.78 is 5.51. The van der Waals surface area contributed by atoms with Gasteiger partial charge in [0.25, 0.3) is 11.5 Å². The van der Waals surface area contributed by atoms with E-state index in [1.165, 1.54) is 0 Å². The second kappa shape index (κ2) is 5.23. The smallest absolute Gasteiger partial charge is 0.349 e. The molecule has 1 heterocycles. The molecule has 2 aromatic carbocycles. The van der Waals surface area contributed by atoms with Crippen LogP contribution in [0.5, 0.6) is 0 Å². The number of hydrogen-bond acceptors (Lipinski definition) is 3. The fraction of sp³-hybridized carbons (Fsp3) is 0.125. The summed E-state index contributed by atoms with van der Waals surface area (Å²) in [5.41, 5.74) is 2.32. The largest absolute Gasteiger partial charge is 0.479 e. The third kappa shape index (κ3) is 2.05. The van der Waals surface area contributed by atoms with Crippen LogP contribution in [0, 0.1) is 0 Å². The lowest BCUT2D eigenvalue weighted by Gasteiger charge is -2.18. The van der Waals surface area contributed by atoms with Gasteiger partial charge in [-0.1, -0.05) is 53.5 Å². The van der Waals surface area contributed by atoms with Crippen LogP contribution >= 0.6 is 23.2 Å². The van der Waals surface area contributed by atoms with E-state index in [-0.39, 0.29) is 5.02 Å². The SMILES string of the molecule is NC(=O)[C@]1(C(=O)O)O[C@@]1(c1ccc(Cl)cc1)c1ccccc1Cl. The van der Waals surface area contributed by atoms with Crippen LogP contribution in [0.1, 0.15) is 11.1 Å². The molecule has 3 N–H and O–H groups in total. The quantitative estimate of drug-likeness (QED) is 0.653. The standard InChI is InChI=1S/C16H11Cl2NO4/c17-10-7-5-9(6-8-10)15(11-3-1-2-4-12(11)18)16(23-15,13(19)20)14(21)22/h1-8H,(H2,19,20)(H,21,22)/t15-,16+/m0/s1. The molecule has 0 bridgehead atoms. The zero-order valence-corrected chi connectivity index (χ0v) is 13.1. The fourth-order valence-electron chi connectivity index (χ4n) is 2.82. The lowest BCUT2D eigenvalue weighted by atomic mass is 9.80. The number of carboxylic acid groups (broad SMARTS) is 1. The second-order valence-electron chi connectivity index (χ2n) is 5.12. The second-order valence-corrected chi connectivity index (χ2v) is 5.96. The summed E-state index contributed by atoms with van der Waals surface area (Å²) in [7, 11) is 0. The third-order valence-corrected chi connectivity index (χ3v) is 4.49. The summed E-state index contributed by atoms with van der Waals surface area (Å²) in [4.78, 5) is 23.7. The number of epoxide rings is 1. The van der Waals surface area contributed by atoms with Gasteiger partial charge in [-0.2, -0.15) is 0 Å². The highest BCUT2D eigenvalue weighted by Crippen LogP contribution is 2.61. The molecule has 0 unspecified atom stereocenters. The molecule has 118 valence electrons. The van der Waals surface area contributed by atoms with Gasteiger partial charge in [-0.05, 0) is 23.8 Å². The lowest BCUT2D eigenvalue weighted by Crippen LogP contribution is -2.45. The van der Waals surface area contributed by atoms with Gasteiger partial charge in [0.2, 0.25) is 0 Å². The number of carbonyl (C=O) groups is 2. The van der Waals surface area contributed by atoms with Crippen molar-refractivity contribution >= 4 is 35.1 Å². The number of hydrogen-bond donors (Lipinski definition) is 2. The average Bonchev–Trinajstić information content (AvgIpc) is 3.21. The molecule has 0 saturated carbocycles. The lowest BCUT2D eigenvalue weighted by molar-refractivity contribution is -0.147. The Morgan fingerprint density at radius 3 is 2.13 bits per heavy atom. The Kier molecular flexibility index (Phi) is 3.59. The number of aliphatic carboxylic acids is 1. The van der Waals surface area contributed by atoms with Crippen LogP contribution in [-0.4, -0.2) is 22.6 Å². The molecular formula is C16H11Cl2NO4. The third-order valence-electron chi connectivity index (χ3n) is 3.91. The molecule has 2 atom stereocenters. The summed E-state index contributed by atoms with van der Waals surface area (Å²) >= 11 is 12.1. The molecule has 23 heavy (non-hydrogen) atoms. The van der Waals surface area contributed by atoms with Crippen molar-refractivity contribution < 1.29 is 19.4 Å². The Balaban J connectivity index is 2.29. The highest BCUT2D eigenvalue weighted by Gasteiger charge is 2.81. The Bertz CT molecular complexity index is 792. The fourth-order valence-corrected chi connectivity index (χ4v) is 3.22. The van der Waals surface area contributed by atoms with Crippen molar-refractivity contribution in [1.82, 2.24) is 0 Å². The van der Waals surface area contributed by atoms with Crippen LogP contribution in [-0.2, 0) is 19.9 Å².